The SMILES string of the molecule is O=S(=O)(c1ccc(CCO)cc1)N(CC1CC1)C1CC1. The summed E-state index contributed by atoms with van der Waals surface area (Å²) in [5.41, 5.74) is 0.964. The molecule has 0 unspecified atom stereocenters. The van der Waals surface area contributed by atoms with E-state index in [2.05, 4.69) is 0 Å². The molecule has 0 aromatic heterocycles. The number of aliphatic hydroxyl groups excluding tert-OH is 1. The molecule has 0 saturated heterocycles. The third-order valence-corrected chi connectivity index (χ3v) is 5.95. The number of hydrogen-bond acceptors (Lipinski definition) is 3. The van der Waals surface area contributed by atoms with Gasteiger partial charge in [-0.15, -0.1) is 0 Å². The van der Waals surface area contributed by atoms with Crippen molar-refractivity contribution in [2.24, 2.45) is 5.92 Å². The zero-order chi connectivity index (χ0) is 14.2. The van der Waals surface area contributed by atoms with Gasteiger partial charge < -0.3 is 5.11 Å². The van der Waals surface area contributed by atoms with Crippen molar-refractivity contribution in [1.82, 2.24) is 4.31 Å². The molecule has 0 heterocycles. The Morgan fingerprint density at radius 3 is 2.25 bits per heavy atom. The number of benzene rings is 1. The molecule has 110 valence electrons. The minimum Gasteiger partial charge on any atom is -0.396 e. The van der Waals surface area contributed by atoms with Crippen LogP contribution in [0.15, 0.2) is 29.2 Å². The van der Waals surface area contributed by atoms with Gasteiger partial charge in [-0.2, -0.15) is 4.31 Å². The molecule has 0 bridgehead atoms. The highest BCUT2D eigenvalue weighted by Gasteiger charge is 2.40. The fourth-order valence-corrected chi connectivity index (χ4v) is 4.21. The Kier molecular flexibility index (Phi) is 3.84. The lowest BCUT2D eigenvalue weighted by molar-refractivity contribution is 0.299. The maximum absolute atomic E-state index is 12.7. The highest BCUT2D eigenvalue weighted by molar-refractivity contribution is 7.89. The van der Waals surface area contributed by atoms with Crippen LogP contribution in [0.1, 0.15) is 31.2 Å². The molecular formula is C15H21NO3S. The zero-order valence-electron chi connectivity index (χ0n) is 11.5. The fraction of sp³-hybridized carbons (Fsp3) is 0.600. The molecule has 0 aliphatic heterocycles. The summed E-state index contributed by atoms with van der Waals surface area (Å²) < 4.78 is 27.2. The molecule has 2 saturated carbocycles. The van der Waals surface area contributed by atoms with Crippen molar-refractivity contribution in [3.63, 3.8) is 0 Å². The summed E-state index contributed by atoms with van der Waals surface area (Å²) in [6.07, 6.45) is 4.88. The Balaban J connectivity index is 1.81. The summed E-state index contributed by atoms with van der Waals surface area (Å²) >= 11 is 0. The third-order valence-electron chi connectivity index (χ3n) is 4.02. The number of sulfonamides is 1. The predicted molar refractivity (Wildman–Crippen MR) is 76.9 cm³/mol. The maximum atomic E-state index is 12.7. The molecule has 4 nitrogen and oxygen atoms in total. The maximum Gasteiger partial charge on any atom is 0.243 e. The zero-order valence-corrected chi connectivity index (χ0v) is 12.3. The Morgan fingerprint density at radius 2 is 1.75 bits per heavy atom. The molecule has 1 aromatic carbocycles. The minimum atomic E-state index is -3.35. The van der Waals surface area contributed by atoms with Crippen molar-refractivity contribution in [2.45, 2.75) is 43.0 Å². The van der Waals surface area contributed by atoms with E-state index in [0.717, 1.165) is 31.2 Å². The summed E-state index contributed by atoms with van der Waals surface area (Å²) in [6.45, 7) is 0.771. The first-order valence-electron chi connectivity index (χ1n) is 7.33. The number of hydrogen-bond donors (Lipinski definition) is 1. The highest BCUT2D eigenvalue weighted by Crippen LogP contribution is 2.37. The van der Waals surface area contributed by atoms with Crippen molar-refractivity contribution in [3.8, 4) is 0 Å². The van der Waals surface area contributed by atoms with Crippen LogP contribution in [0.4, 0.5) is 0 Å². The van der Waals surface area contributed by atoms with E-state index in [1.54, 1.807) is 28.6 Å². The first-order chi connectivity index (χ1) is 9.61. The average molecular weight is 295 g/mol. The second-order valence-electron chi connectivity index (χ2n) is 5.87. The lowest BCUT2D eigenvalue weighted by Gasteiger charge is -2.21. The molecule has 3 rings (SSSR count). The van der Waals surface area contributed by atoms with Crippen LogP contribution in [-0.4, -0.2) is 37.0 Å². The molecule has 0 amide bonds. The average Bonchev–Trinajstić information content (AvgIpc) is 3.29. The lowest BCUT2D eigenvalue weighted by atomic mass is 10.2. The highest BCUT2D eigenvalue weighted by atomic mass is 32.2. The number of nitrogens with zero attached hydrogens (tertiary/aromatic N) is 1. The van der Waals surface area contributed by atoms with Gasteiger partial charge in [0.2, 0.25) is 10.0 Å². The van der Waals surface area contributed by atoms with Crippen LogP contribution in [0.2, 0.25) is 0 Å². The van der Waals surface area contributed by atoms with Gasteiger partial charge in [0.15, 0.2) is 0 Å². The predicted octanol–water partition coefficient (Wildman–Crippen LogP) is 1.78. The van der Waals surface area contributed by atoms with E-state index in [9.17, 15) is 8.42 Å². The van der Waals surface area contributed by atoms with Gasteiger partial charge in [-0.25, -0.2) is 8.42 Å². The lowest BCUT2D eigenvalue weighted by Crippen LogP contribution is -2.34. The van der Waals surface area contributed by atoms with E-state index < -0.39 is 10.0 Å². The Bertz CT molecular complexity index is 559. The van der Waals surface area contributed by atoms with Crippen LogP contribution in [0, 0.1) is 5.92 Å². The van der Waals surface area contributed by atoms with E-state index in [1.165, 1.54) is 0 Å². The van der Waals surface area contributed by atoms with Gasteiger partial charge in [-0.3, -0.25) is 0 Å². The molecule has 2 fully saturated rings. The smallest absolute Gasteiger partial charge is 0.243 e. The largest absolute Gasteiger partial charge is 0.396 e. The second kappa shape index (κ2) is 5.47. The van der Waals surface area contributed by atoms with E-state index in [0.29, 0.717) is 23.8 Å². The first-order valence-corrected chi connectivity index (χ1v) is 8.77. The van der Waals surface area contributed by atoms with E-state index in [4.69, 9.17) is 5.11 Å². The van der Waals surface area contributed by atoms with Crippen molar-refractivity contribution in [2.75, 3.05) is 13.2 Å². The van der Waals surface area contributed by atoms with Crippen molar-refractivity contribution < 1.29 is 13.5 Å². The second-order valence-corrected chi connectivity index (χ2v) is 7.76. The van der Waals surface area contributed by atoms with Crippen LogP contribution in [0.3, 0.4) is 0 Å². The summed E-state index contributed by atoms with van der Waals surface area (Å²) in [5, 5.41) is 8.90. The summed E-state index contributed by atoms with van der Waals surface area (Å²) in [7, 11) is -3.35. The van der Waals surface area contributed by atoms with Crippen LogP contribution in [0.25, 0.3) is 0 Å². The van der Waals surface area contributed by atoms with Crippen LogP contribution < -0.4 is 0 Å². The summed E-state index contributed by atoms with van der Waals surface area (Å²) in [5.74, 6) is 0.569. The molecule has 5 heteroatoms. The van der Waals surface area contributed by atoms with Gasteiger partial charge in [-0.1, -0.05) is 12.1 Å². The van der Waals surface area contributed by atoms with Crippen molar-refractivity contribution in [1.29, 1.82) is 0 Å². The van der Waals surface area contributed by atoms with Gasteiger partial charge in [0.05, 0.1) is 4.90 Å². The fourth-order valence-electron chi connectivity index (χ4n) is 2.45. The standard InChI is InChI=1S/C15H21NO3S/c17-10-9-12-3-7-15(8-4-12)20(18,19)16(14-5-6-14)11-13-1-2-13/h3-4,7-8,13-14,17H,1-2,5-6,9-11H2. The van der Waals surface area contributed by atoms with Gasteiger partial charge in [-0.05, 0) is 55.7 Å². The van der Waals surface area contributed by atoms with Gasteiger partial charge in [0.1, 0.15) is 0 Å². The van der Waals surface area contributed by atoms with Crippen LogP contribution in [-0.2, 0) is 16.4 Å². The Hall–Kier alpha value is -0.910. The van der Waals surface area contributed by atoms with Gasteiger partial charge >= 0.3 is 0 Å². The van der Waals surface area contributed by atoms with Crippen molar-refractivity contribution in [3.05, 3.63) is 29.8 Å². The van der Waals surface area contributed by atoms with Crippen LogP contribution in [0.5, 0.6) is 0 Å². The summed E-state index contributed by atoms with van der Waals surface area (Å²) in [4.78, 5) is 0.381. The topological polar surface area (TPSA) is 57.6 Å². The Labute approximate surface area is 120 Å². The molecule has 1 N–H and O–H groups in total. The normalized spacial score (nSPS) is 19.5. The van der Waals surface area contributed by atoms with E-state index in [-0.39, 0.29) is 12.6 Å². The molecule has 0 radical (unpaired) electrons. The monoisotopic (exact) mass is 295 g/mol. The van der Waals surface area contributed by atoms with E-state index >= 15 is 0 Å². The molecule has 0 atom stereocenters. The molecule has 20 heavy (non-hydrogen) atoms. The molecular weight excluding hydrogens is 274 g/mol. The van der Waals surface area contributed by atoms with Gasteiger partial charge in [0, 0.05) is 19.2 Å². The molecule has 2 aliphatic carbocycles. The quantitative estimate of drug-likeness (QED) is 0.834. The van der Waals surface area contributed by atoms with E-state index in [1.807, 2.05) is 0 Å². The third kappa shape index (κ3) is 3.05. The molecule has 2 aliphatic rings. The first kappa shape index (κ1) is 14.0. The molecule has 0 spiro atoms. The van der Waals surface area contributed by atoms with Crippen molar-refractivity contribution >= 4 is 10.0 Å². The number of rotatable bonds is 7. The minimum absolute atomic E-state index is 0.0853. The van der Waals surface area contributed by atoms with Crippen LogP contribution >= 0.6 is 0 Å². The summed E-state index contributed by atoms with van der Waals surface area (Å²) in [6, 6.07) is 7.15. The molecule has 1 aromatic rings. The Morgan fingerprint density at radius 1 is 1.10 bits per heavy atom. The van der Waals surface area contributed by atoms with Gasteiger partial charge in [0.25, 0.3) is 0 Å². The number of aliphatic hydroxyl groups is 1.